The number of hydrazine groups is 1. The van der Waals surface area contributed by atoms with Gasteiger partial charge in [0.2, 0.25) is 0 Å². The van der Waals surface area contributed by atoms with E-state index < -0.39 is 0 Å². The van der Waals surface area contributed by atoms with Crippen molar-refractivity contribution in [3.8, 4) is 0 Å². The summed E-state index contributed by atoms with van der Waals surface area (Å²) in [5.74, 6) is 5.67. The Hall–Kier alpha value is -1.06. The summed E-state index contributed by atoms with van der Waals surface area (Å²) < 4.78 is 0. The van der Waals surface area contributed by atoms with Crippen molar-refractivity contribution in [3.05, 3.63) is 69.2 Å². The lowest BCUT2D eigenvalue weighted by Crippen LogP contribution is -2.37. The van der Waals surface area contributed by atoms with Crippen molar-refractivity contribution in [2.24, 2.45) is 5.84 Å². The molecule has 2 aromatic carbocycles. The van der Waals surface area contributed by atoms with Crippen molar-refractivity contribution in [2.45, 2.75) is 32.2 Å². The van der Waals surface area contributed by atoms with Gasteiger partial charge in [-0.2, -0.15) is 0 Å². The number of rotatable bonds is 6. The molecule has 0 saturated heterocycles. The summed E-state index contributed by atoms with van der Waals surface area (Å²) in [5, 5.41) is 1.17. The van der Waals surface area contributed by atoms with Crippen molar-refractivity contribution in [2.75, 3.05) is 0 Å². The van der Waals surface area contributed by atoms with Gasteiger partial charge in [-0.15, -0.1) is 0 Å². The second kappa shape index (κ2) is 7.81. The first kappa shape index (κ1) is 16.3. The van der Waals surface area contributed by atoms with Crippen LogP contribution in [0.15, 0.2) is 42.5 Å². The fourth-order valence-corrected chi connectivity index (χ4v) is 2.72. The molecule has 0 bridgehead atoms. The molecule has 0 heterocycles. The van der Waals surface area contributed by atoms with Crippen molar-refractivity contribution in [3.63, 3.8) is 0 Å². The maximum Gasteiger partial charge on any atom is 0.0595 e. The minimum atomic E-state index is 0.211. The molecule has 2 aromatic rings. The zero-order chi connectivity index (χ0) is 15.2. The second-order valence-corrected chi connectivity index (χ2v) is 6.16. The molecule has 3 N–H and O–H groups in total. The first-order chi connectivity index (χ1) is 10.1. The molecule has 1 atom stereocenters. The van der Waals surface area contributed by atoms with Gasteiger partial charge < -0.3 is 0 Å². The van der Waals surface area contributed by atoms with Gasteiger partial charge in [-0.25, -0.2) is 0 Å². The zero-order valence-electron chi connectivity index (χ0n) is 12.1. The van der Waals surface area contributed by atoms with Gasteiger partial charge in [-0.05, 0) is 49.4 Å². The first-order valence-corrected chi connectivity index (χ1v) is 7.79. The number of hydrogen-bond donors (Lipinski definition) is 2. The van der Waals surface area contributed by atoms with Crippen LogP contribution in [0.25, 0.3) is 0 Å². The summed E-state index contributed by atoms with van der Waals surface area (Å²) in [4.78, 5) is 0. The molecule has 0 aliphatic carbocycles. The average Bonchev–Trinajstić information content (AvgIpc) is 2.47. The van der Waals surface area contributed by atoms with Crippen LogP contribution in [-0.4, -0.2) is 6.04 Å². The Labute approximate surface area is 136 Å². The molecule has 2 nitrogen and oxygen atoms in total. The third kappa shape index (κ3) is 5.01. The Bertz CT molecular complexity index is 599. The Morgan fingerprint density at radius 2 is 1.86 bits per heavy atom. The predicted octanol–water partition coefficient (Wildman–Crippen LogP) is 4.31. The number of halogens is 2. The van der Waals surface area contributed by atoms with Crippen LogP contribution in [0, 0.1) is 6.92 Å². The molecule has 0 aliphatic heterocycles. The molecule has 1 unspecified atom stereocenters. The number of hydrogen-bond acceptors (Lipinski definition) is 2. The van der Waals surface area contributed by atoms with Gasteiger partial charge in [-0.3, -0.25) is 11.3 Å². The van der Waals surface area contributed by atoms with Crippen molar-refractivity contribution in [1.82, 2.24) is 5.43 Å². The molecular formula is C17H20Cl2N2. The Morgan fingerprint density at radius 3 is 2.52 bits per heavy atom. The topological polar surface area (TPSA) is 38.0 Å². The molecule has 0 aromatic heterocycles. The molecule has 2 rings (SSSR count). The van der Waals surface area contributed by atoms with Gasteiger partial charge in [0.25, 0.3) is 0 Å². The number of aryl methyl sites for hydroxylation is 2. The van der Waals surface area contributed by atoms with E-state index >= 15 is 0 Å². The lowest BCUT2D eigenvalue weighted by molar-refractivity contribution is 0.491. The molecule has 4 heteroatoms. The average molecular weight is 323 g/mol. The maximum absolute atomic E-state index is 6.05. The van der Waals surface area contributed by atoms with E-state index in [4.69, 9.17) is 29.0 Å². The Kier molecular flexibility index (Phi) is 6.07. The lowest BCUT2D eigenvalue weighted by atomic mass is 9.99. The summed E-state index contributed by atoms with van der Waals surface area (Å²) in [5.41, 5.74) is 6.65. The van der Waals surface area contributed by atoms with E-state index in [1.807, 2.05) is 18.2 Å². The number of benzene rings is 2. The maximum atomic E-state index is 6.05. The molecule has 0 saturated carbocycles. The standard InChI is InChI=1S/C17H20Cl2N2/c1-12-3-2-4-13(9-12)5-7-15(21-20)10-14-6-8-16(18)17(19)11-14/h2-4,6,8-9,11,15,21H,5,7,10,20H2,1H3. The Balaban J connectivity index is 1.95. The van der Waals surface area contributed by atoms with Crippen molar-refractivity contribution in [1.29, 1.82) is 0 Å². The molecule has 21 heavy (non-hydrogen) atoms. The van der Waals surface area contributed by atoms with E-state index in [0.717, 1.165) is 24.8 Å². The van der Waals surface area contributed by atoms with E-state index in [1.165, 1.54) is 11.1 Å². The van der Waals surface area contributed by atoms with Crippen LogP contribution in [0.3, 0.4) is 0 Å². The molecule has 0 radical (unpaired) electrons. The number of nitrogens with two attached hydrogens (primary N) is 1. The fraction of sp³-hybridized carbons (Fsp3) is 0.294. The second-order valence-electron chi connectivity index (χ2n) is 5.34. The summed E-state index contributed by atoms with van der Waals surface area (Å²) in [7, 11) is 0. The highest BCUT2D eigenvalue weighted by Crippen LogP contribution is 2.23. The van der Waals surface area contributed by atoms with E-state index in [9.17, 15) is 0 Å². The first-order valence-electron chi connectivity index (χ1n) is 7.04. The summed E-state index contributed by atoms with van der Waals surface area (Å²) in [6.07, 6.45) is 2.80. The van der Waals surface area contributed by atoms with Crippen LogP contribution in [-0.2, 0) is 12.8 Å². The quantitative estimate of drug-likeness (QED) is 0.614. The van der Waals surface area contributed by atoms with Gasteiger partial charge in [-0.1, -0.05) is 59.1 Å². The Morgan fingerprint density at radius 1 is 1.05 bits per heavy atom. The highest BCUT2D eigenvalue weighted by Gasteiger charge is 2.09. The molecule has 112 valence electrons. The molecule has 0 fully saturated rings. The summed E-state index contributed by atoms with van der Waals surface area (Å²) in [6.45, 7) is 2.11. The normalized spacial score (nSPS) is 12.4. The monoisotopic (exact) mass is 322 g/mol. The van der Waals surface area contributed by atoms with Gasteiger partial charge in [0.05, 0.1) is 10.0 Å². The minimum absolute atomic E-state index is 0.211. The molecule has 0 spiro atoms. The van der Waals surface area contributed by atoms with E-state index in [-0.39, 0.29) is 6.04 Å². The van der Waals surface area contributed by atoms with Crippen LogP contribution in [0.1, 0.15) is 23.1 Å². The zero-order valence-corrected chi connectivity index (χ0v) is 13.6. The SMILES string of the molecule is Cc1cccc(CCC(Cc2ccc(Cl)c(Cl)c2)NN)c1. The smallest absolute Gasteiger partial charge is 0.0595 e. The lowest BCUT2D eigenvalue weighted by Gasteiger charge is -2.16. The number of nitrogens with one attached hydrogen (secondary N) is 1. The highest BCUT2D eigenvalue weighted by molar-refractivity contribution is 6.42. The van der Waals surface area contributed by atoms with E-state index in [1.54, 1.807) is 0 Å². The van der Waals surface area contributed by atoms with Gasteiger partial charge in [0, 0.05) is 6.04 Å². The van der Waals surface area contributed by atoms with Crippen LogP contribution < -0.4 is 11.3 Å². The van der Waals surface area contributed by atoms with Crippen LogP contribution in [0.2, 0.25) is 10.0 Å². The van der Waals surface area contributed by atoms with Crippen molar-refractivity contribution < 1.29 is 0 Å². The third-order valence-electron chi connectivity index (χ3n) is 3.57. The fourth-order valence-electron chi connectivity index (χ4n) is 2.40. The van der Waals surface area contributed by atoms with E-state index in [0.29, 0.717) is 10.0 Å². The predicted molar refractivity (Wildman–Crippen MR) is 90.8 cm³/mol. The van der Waals surface area contributed by atoms with Gasteiger partial charge in [0.15, 0.2) is 0 Å². The van der Waals surface area contributed by atoms with Crippen LogP contribution in [0.4, 0.5) is 0 Å². The van der Waals surface area contributed by atoms with Crippen LogP contribution in [0.5, 0.6) is 0 Å². The molecule has 0 amide bonds. The van der Waals surface area contributed by atoms with E-state index in [2.05, 4.69) is 36.6 Å². The van der Waals surface area contributed by atoms with Crippen molar-refractivity contribution >= 4 is 23.2 Å². The van der Waals surface area contributed by atoms with Gasteiger partial charge >= 0.3 is 0 Å². The largest absolute Gasteiger partial charge is 0.271 e. The molecular weight excluding hydrogens is 303 g/mol. The minimum Gasteiger partial charge on any atom is -0.271 e. The summed E-state index contributed by atoms with van der Waals surface area (Å²) >= 11 is 12.0. The van der Waals surface area contributed by atoms with Gasteiger partial charge in [0.1, 0.15) is 0 Å². The highest BCUT2D eigenvalue weighted by atomic mass is 35.5. The third-order valence-corrected chi connectivity index (χ3v) is 4.30. The summed E-state index contributed by atoms with van der Waals surface area (Å²) in [6, 6.07) is 14.5. The molecule has 0 aliphatic rings. The van der Waals surface area contributed by atoms with Crippen LogP contribution >= 0.6 is 23.2 Å².